The van der Waals surface area contributed by atoms with E-state index in [0.717, 1.165) is 71.7 Å². The zero-order valence-electron chi connectivity index (χ0n) is 21.0. The number of piperidine rings is 1. The van der Waals surface area contributed by atoms with E-state index in [2.05, 4.69) is 39.1 Å². The van der Waals surface area contributed by atoms with Gasteiger partial charge in [-0.2, -0.15) is 0 Å². The largest absolute Gasteiger partial charge is 0.384 e. The summed E-state index contributed by atoms with van der Waals surface area (Å²) in [5.74, 6) is 1.10. The Balaban J connectivity index is 1.14. The van der Waals surface area contributed by atoms with E-state index >= 15 is 0 Å². The first-order valence-electron chi connectivity index (χ1n) is 12.9. The van der Waals surface area contributed by atoms with Gasteiger partial charge in [0.15, 0.2) is 0 Å². The predicted octanol–water partition coefficient (Wildman–Crippen LogP) is 6.09. The molecular formula is C31H29FN6. The van der Waals surface area contributed by atoms with Gasteiger partial charge in [-0.05, 0) is 61.3 Å². The number of amidine groups is 1. The lowest BCUT2D eigenvalue weighted by molar-refractivity contribution is 0.202. The Labute approximate surface area is 220 Å². The van der Waals surface area contributed by atoms with E-state index in [0.29, 0.717) is 11.5 Å². The second-order valence-electron chi connectivity index (χ2n) is 9.93. The summed E-state index contributed by atoms with van der Waals surface area (Å²) < 4.78 is 13.5. The quantitative estimate of drug-likeness (QED) is 0.193. The molecule has 1 fully saturated rings. The predicted molar refractivity (Wildman–Crippen MR) is 149 cm³/mol. The van der Waals surface area contributed by atoms with E-state index in [1.54, 1.807) is 12.3 Å². The first-order valence-corrected chi connectivity index (χ1v) is 12.9. The lowest BCUT2D eigenvalue weighted by Gasteiger charge is -2.31. The SMILES string of the molecule is N=C(N)c1cnc(-c2ccc(CN3CCC(c4nc5ccc(F)cc5[nH]4)CC3)cc2)c(-c2ccccc2)c1. The van der Waals surface area contributed by atoms with Gasteiger partial charge in [-0.25, -0.2) is 9.37 Å². The van der Waals surface area contributed by atoms with Gasteiger partial charge < -0.3 is 10.7 Å². The lowest BCUT2D eigenvalue weighted by Crippen LogP contribution is -2.32. The summed E-state index contributed by atoms with van der Waals surface area (Å²) in [7, 11) is 0. The van der Waals surface area contributed by atoms with Crippen molar-refractivity contribution in [1.82, 2.24) is 19.9 Å². The molecule has 0 radical (unpaired) electrons. The Bertz CT molecular complexity index is 1580. The first kappa shape index (κ1) is 24.0. The van der Waals surface area contributed by atoms with Crippen molar-refractivity contribution in [3.05, 3.63) is 108 Å². The Hall–Kier alpha value is -4.36. The van der Waals surface area contributed by atoms with Crippen molar-refractivity contribution in [3.63, 3.8) is 0 Å². The van der Waals surface area contributed by atoms with E-state index < -0.39 is 0 Å². The van der Waals surface area contributed by atoms with Crippen LogP contribution in [0, 0.1) is 11.2 Å². The molecule has 1 aliphatic heterocycles. The number of nitrogens with two attached hydrogens (primary N) is 1. The highest BCUT2D eigenvalue weighted by Crippen LogP contribution is 2.32. The molecule has 0 aliphatic carbocycles. The number of rotatable bonds is 6. The molecule has 0 saturated carbocycles. The lowest BCUT2D eigenvalue weighted by atomic mass is 9.95. The number of aromatic nitrogens is 3. The number of hydrogen-bond donors (Lipinski definition) is 3. The second kappa shape index (κ2) is 10.2. The molecule has 3 aromatic carbocycles. The number of fused-ring (bicyclic) bond motifs is 1. The Morgan fingerprint density at radius 2 is 1.74 bits per heavy atom. The fourth-order valence-electron chi connectivity index (χ4n) is 5.27. The second-order valence-corrected chi connectivity index (χ2v) is 9.93. The summed E-state index contributed by atoms with van der Waals surface area (Å²) in [6.45, 7) is 2.87. The van der Waals surface area contributed by atoms with Crippen LogP contribution in [-0.4, -0.2) is 38.8 Å². The van der Waals surface area contributed by atoms with Crippen molar-refractivity contribution in [2.45, 2.75) is 25.3 Å². The van der Waals surface area contributed by atoms with E-state index in [1.807, 2.05) is 36.4 Å². The highest BCUT2D eigenvalue weighted by Gasteiger charge is 2.23. The van der Waals surface area contributed by atoms with Gasteiger partial charge >= 0.3 is 0 Å². The summed E-state index contributed by atoms with van der Waals surface area (Å²) in [5.41, 5.74) is 13.1. The van der Waals surface area contributed by atoms with Gasteiger partial charge in [0, 0.05) is 35.3 Å². The van der Waals surface area contributed by atoms with Crippen LogP contribution in [0.3, 0.4) is 0 Å². The van der Waals surface area contributed by atoms with Crippen LogP contribution >= 0.6 is 0 Å². The van der Waals surface area contributed by atoms with Gasteiger partial charge in [-0.1, -0.05) is 54.6 Å². The van der Waals surface area contributed by atoms with Crippen molar-refractivity contribution in [1.29, 1.82) is 5.41 Å². The molecule has 6 rings (SSSR count). The van der Waals surface area contributed by atoms with Gasteiger partial charge in [-0.15, -0.1) is 0 Å². The number of imidazole rings is 1. The van der Waals surface area contributed by atoms with Crippen molar-refractivity contribution in [3.8, 4) is 22.4 Å². The minimum absolute atomic E-state index is 0.00886. The van der Waals surface area contributed by atoms with Crippen LogP contribution in [0.2, 0.25) is 0 Å². The first-order chi connectivity index (χ1) is 18.5. The molecule has 190 valence electrons. The van der Waals surface area contributed by atoms with Crippen molar-refractivity contribution < 1.29 is 4.39 Å². The van der Waals surface area contributed by atoms with Crippen molar-refractivity contribution in [2.24, 2.45) is 5.73 Å². The van der Waals surface area contributed by atoms with E-state index in [1.165, 1.54) is 17.7 Å². The molecule has 0 unspecified atom stereocenters. The number of nitrogens with zero attached hydrogens (tertiary/aromatic N) is 3. The maximum absolute atomic E-state index is 13.5. The van der Waals surface area contributed by atoms with Crippen LogP contribution in [0.25, 0.3) is 33.4 Å². The van der Waals surface area contributed by atoms with Gasteiger partial charge in [0.05, 0.1) is 16.7 Å². The zero-order valence-corrected chi connectivity index (χ0v) is 21.0. The normalized spacial score (nSPS) is 14.7. The molecule has 6 nitrogen and oxygen atoms in total. The molecule has 0 bridgehead atoms. The number of benzene rings is 3. The molecule has 3 heterocycles. The van der Waals surface area contributed by atoms with Gasteiger partial charge in [-0.3, -0.25) is 15.3 Å². The van der Waals surface area contributed by atoms with E-state index in [4.69, 9.17) is 16.1 Å². The topological polar surface area (TPSA) is 94.7 Å². The van der Waals surface area contributed by atoms with Crippen LogP contribution < -0.4 is 5.73 Å². The van der Waals surface area contributed by atoms with Gasteiger partial charge in [0.2, 0.25) is 0 Å². The summed E-state index contributed by atoms with van der Waals surface area (Å²) >= 11 is 0. The third kappa shape index (κ3) is 4.93. The average molecular weight is 505 g/mol. The number of likely N-dealkylation sites (tertiary alicyclic amines) is 1. The Kier molecular flexibility index (Phi) is 6.43. The molecule has 2 aromatic heterocycles. The van der Waals surface area contributed by atoms with Crippen LogP contribution in [0.1, 0.15) is 35.7 Å². The molecule has 7 heteroatoms. The Morgan fingerprint density at radius 3 is 2.47 bits per heavy atom. The molecule has 1 aliphatic rings. The number of hydrogen-bond acceptors (Lipinski definition) is 4. The highest BCUT2D eigenvalue weighted by atomic mass is 19.1. The number of H-pyrrole nitrogens is 1. The molecular weight excluding hydrogens is 475 g/mol. The van der Waals surface area contributed by atoms with Crippen molar-refractivity contribution >= 4 is 16.9 Å². The molecule has 38 heavy (non-hydrogen) atoms. The minimum atomic E-state index is -0.242. The third-order valence-electron chi connectivity index (χ3n) is 7.35. The number of nitrogens with one attached hydrogen (secondary N) is 2. The summed E-state index contributed by atoms with van der Waals surface area (Å²) in [6, 6.07) is 25.3. The third-order valence-corrected chi connectivity index (χ3v) is 7.35. The zero-order chi connectivity index (χ0) is 26.1. The molecule has 0 atom stereocenters. The average Bonchev–Trinajstić information content (AvgIpc) is 3.37. The summed E-state index contributed by atoms with van der Waals surface area (Å²) in [5, 5.41) is 7.83. The van der Waals surface area contributed by atoms with Gasteiger partial charge in [0.25, 0.3) is 0 Å². The maximum atomic E-state index is 13.5. The highest BCUT2D eigenvalue weighted by molar-refractivity contribution is 5.97. The molecule has 5 aromatic rings. The fraction of sp³-hybridized carbons (Fsp3) is 0.194. The number of nitrogen functional groups attached to an aromatic ring is 1. The van der Waals surface area contributed by atoms with Gasteiger partial charge in [0.1, 0.15) is 17.5 Å². The standard InChI is InChI=1S/C31H29FN6/c32-25-10-11-27-28(17-25)37-31(36-27)23-12-14-38(15-13-23)19-20-6-8-22(9-7-20)29-26(21-4-2-1-3-5-21)16-24(18-35-29)30(33)34/h1-11,16-18,23H,12-15,19H2,(H3,33,34)(H,36,37). The molecule has 0 amide bonds. The van der Waals surface area contributed by atoms with Crippen LogP contribution in [0.5, 0.6) is 0 Å². The molecule has 1 saturated heterocycles. The molecule has 0 spiro atoms. The number of aromatic amines is 1. The molecule has 4 N–H and O–H groups in total. The Morgan fingerprint density at radius 1 is 0.974 bits per heavy atom. The summed E-state index contributed by atoms with van der Waals surface area (Å²) in [6.07, 6.45) is 3.71. The monoisotopic (exact) mass is 504 g/mol. The fourth-order valence-corrected chi connectivity index (χ4v) is 5.27. The maximum Gasteiger partial charge on any atom is 0.125 e. The van der Waals surface area contributed by atoms with Crippen LogP contribution in [0.15, 0.2) is 85.1 Å². The smallest absolute Gasteiger partial charge is 0.125 e. The number of pyridine rings is 1. The van der Waals surface area contributed by atoms with Crippen molar-refractivity contribution in [2.75, 3.05) is 13.1 Å². The van der Waals surface area contributed by atoms with E-state index in [9.17, 15) is 4.39 Å². The number of halogens is 1. The minimum Gasteiger partial charge on any atom is -0.384 e. The van der Waals surface area contributed by atoms with Crippen LogP contribution in [0.4, 0.5) is 4.39 Å². The van der Waals surface area contributed by atoms with Crippen LogP contribution in [-0.2, 0) is 6.54 Å². The van der Waals surface area contributed by atoms with E-state index in [-0.39, 0.29) is 11.7 Å². The summed E-state index contributed by atoms with van der Waals surface area (Å²) in [4.78, 5) is 15.2.